The van der Waals surface area contributed by atoms with Gasteiger partial charge in [0.15, 0.2) is 0 Å². The van der Waals surface area contributed by atoms with E-state index in [1.54, 1.807) is 25.3 Å². The van der Waals surface area contributed by atoms with Gasteiger partial charge in [0.05, 0.1) is 32.6 Å². The van der Waals surface area contributed by atoms with Crippen molar-refractivity contribution in [1.82, 2.24) is 4.98 Å². The predicted octanol–water partition coefficient (Wildman–Crippen LogP) is 6.11. The van der Waals surface area contributed by atoms with Crippen molar-refractivity contribution in [1.29, 1.82) is 0 Å². The highest BCUT2D eigenvalue weighted by atomic mass is 35.5. The van der Waals surface area contributed by atoms with E-state index in [0.717, 1.165) is 26.6 Å². The molecule has 31 heavy (non-hydrogen) atoms. The molecule has 0 aliphatic rings. The van der Waals surface area contributed by atoms with Gasteiger partial charge in [-0.3, -0.25) is 0 Å². The van der Waals surface area contributed by atoms with Crippen LogP contribution in [0.1, 0.15) is 0 Å². The van der Waals surface area contributed by atoms with Crippen molar-refractivity contribution in [3.8, 4) is 38.0 Å². The maximum atomic E-state index is 11.6. The molecule has 3 aromatic carbocycles. The number of ether oxygens (including phenoxy) is 1. The normalized spacial score (nSPS) is 11.5. The fourth-order valence-electron chi connectivity index (χ4n) is 3.07. The van der Waals surface area contributed by atoms with E-state index in [2.05, 4.69) is 0 Å². The van der Waals surface area contributed by atoms with E-state index in [0.29, 0.717) is 21.5 Å². The Morgan fingerprint density at radius 3 is 2.23 bits per heavy atom. The van der Waals surface area contributed by atoms with Crippen LogP contribution in [0.5, 0.6) is 5.75 Å². The van der Waals surface area contributed by atoms with E-state index in [9.17, 15) is 8.42 Å². The third-order valence-corrected chi connectivity index (χ3v) is 7.29. The number of hydrogen-bond acceptors (Lipinski definition) is 5. The molecule has 0 spiro atoms. The third kappa shape index (κ3) is 4.46. The Balaban J connectivity index is 1.91. The first-order valence-corrected chi connectivity index (χ1v) is 12.1. The smallest absolute Gasteiger partial charge is 0.238 e. The Hall–Kier alpha value is -2.42. The van der Waals surface area contributed by atoms with Crippen LogP contribution in [0.3, 0.4) is 0 Å². The summed E-state index contributed by atoms with van der Waals surface area (Å²) in [6, 6.07) is 19.3. The first kappa shape index (κ1) is 21.8. The van der Waals surface area contributed by atoms with Gasteiger partial charge >= 0.3 is 0 Å². The van der Waals surface area contributed by atoms with Crippen LogP contribution in [0.15, 0.2) is 71.6 Å². The minimum Gasteiger partial charge on any atom is -0.495 e. The fourth-order valence-corrected chi connectivity index (χ4v) is 5.25. The van der Waals surface area contributed by atoms with E-state index in [1.807, 2.05) is 36.4 Å². The molecule has 4 rings (SSSR count). The molecule has 0 saturated heterocycles. The Labute approximate surface area is 194 Å². The molecule has 1 aromatic heterocycles. The molecule has 0 aliphatic carbocycles. The number of hydrogen-bond donors (Lipinski definition) is 1. The lowest BCUT2D eigenvalue weighted by atomic mass is 10.1. The van der Waals surface area contributed by atoms with Gasteiger partial charge in [0.1, 0.15) is 10.8 Å². The number of nitrogens with zero attached hydrogens (tertiary/aromatic N) is 1. The number of benzene rings is 3. The molecule has 2 N–H and O–H groups in total. The van der Waals surface area contributed by atoms with Crippen LogP contribution in [0.4, 0.5) is 0 Å². The fraction of sp³-hybridized carbons (Fsp3) is 0.0455. The van der Waals surface area contributed by atoms with E-state index in [-0.39, 0.29) is 4.90 Å². The third-order valence-electron chi connectivity index (χ3n) is 4.60. The summed E-state index contributed by atoms with van der Waals surface area (Å²) < 4.78 is 28.5. The highest BCUT2D eigenvalue weighted by molar-refractivity contribution is 7.89. The summed E-state index contributed by atoms with van der Waals surface area (Å²) in [5.74, 6) is 0.570. The van der Waals surface area contributed by atoms with E-state index < -0.39 is 10.0 Å². The number of nitrogens with two attached hydrogens (primary N) is 1. The molecular formula is C22H16Cl2N2O3S2. The van der Waals surface area contributed by atoms with Gasteiger partial charge < -0.3 is 4.74 Å². The van der Waals surface area contributed by atoms with Crippen LogP contribution >= 0.6 is 34.5 Å². The lowest BCUT2D eigenvalue weighted by Gasteiger charge is -2.07. The molecule has 158 valence electrons. The van der Waals surface area contributed by atoms with Gasteiger partial charge in [0.2, 0.25) is 10.0 Å². The maximum absolute atomic E-state index is 11.6. The second kappa shape index (κ2) is 8.61. The Bertz CT molecular complexity index is 1370. The molecule has 0 fully saturated rings. The van der Waals surface area contributed by atoms with Crippen LogP contribution in [0, 0.1) is 0 Å². The summed E-state index contributed by atoms with van der Waals surface area (Å²) in [5, 5.41) is 7.02. The number of thiazole rings is 1. The van der Waals surface area contributed by atoms with Crippen molar-refractivity contribution in [3.63, 3.8) is 0 Å². The minimum absolute atomic E-state index is 0.0341. The number of methoxy groups -OCH3 is 1. The predicted molar refractivity (Wildman–Crippen MR) is 126 cm³/mol. The van der Waals surface area contributed by atoms with E-state index in [4.69, 9.17) is 38.1 Å². The average molecular weight is 491 g/mol. The zero-order valence-electron chi connectivity index (χ0n) is 16.2. The number of halogens is 2. The van der Waals surface area contributed by atoms with E-state index >= 15 is 0 Å². The monoisotopic (exact) mass is 490 g/mol. The molecule has 0 saturated carbocycles. The van der Waals surface area contributed by atoms with Gasteiger partial charge in [-0.1, -0.05) is 53.5 Å². The zero-order chi connectivity index (χ0) is 22.2. The van der Waals surface area contributed by atoms with Crippen LogP contribution in [-0.2, 0) is 10.0 Å². The van der Waals surface area contributed by atoms with Crippen LogP contribution in [0.25, 0.3) is 32.3 Å². The Morgan fingerprint density at radius 1 is 0.935 bits per heavy atom. The summed E-state index contributed by atoms with van der Waals surface area (Å²) in [4.78, 5) is 5.73. The lowest BCUT2D eigenvalue weighted by molar-refractivity contribution is 0.415. The maximum Gasteiger partial charge on any atom is 0.238 e. The minimum atomic E-state index is -3.79. The highest BCUT2D eigenvalue weighted by Crippen LogP contribution is 2.43. The summed E-state index contributed by atoms with van der Waals surface area (Å²) in [6.45, 7) is 0. The zero-order valence-corrected chi connectivity index (χ0v) is 19.3. The Kier molecular flexibility index (Phi) is 6.05. The number of sulfonamides is 1. The number of aromatic nitrogens is 1. The molecule has 0 bridgehead atoms. The standard InChI is InChI=1S/C22H16Cl2N2O3S2/c1-29-19-11-8-14(12-18(19)24)21-20(13-6-9-15(10-7-13)31(25,27)28)26-22(30-21)16-4-2-3-5-17(16)23/h2-12H,1H3,(H2,25,27,28). The molecule has 4 aromatic rings. The van der Waals surface area contributed by atoms with Crippen LogP contribution < -0.4 is 9.88 Å². The summed E-state index contributed by atoms with van der Waals surface area (Å²) >= 11 is 14.2. The SMILES string of the molecule is COc1ccc(-c2sc(-c3ccccc3Cl)nc2-c2ccc(S(N)(=O)=O)cc2)cc1Cl. The van der Waals surface area contributed by atoms with Gasteiger partial charge in [-0.15, -0.1) is 11.3 Å². The van der Waals surface area contributed by atoms with Crippen molar-refractivity contribution in [3.05, 3.63) is 76.8 Å². The summed E-state index contributed by atoms with van der Waals surface area (Å²) in [6.07, 6.45) is 0. The second-order valence-corrected chi connectivity index (χ2v) is 9.97. The van der Waals surface area contributed by atoms with Gasteiger partial charge in [-0.25, -0.2) is 18.5 Å². The topological polar surface area (TPSA) is 82.3 Å². The molecule has 0 radical (unpaired) electrons. The summed E-state index contributed by atoms with van der Waals surface area (Å²) in [7, 11) is -2.23. The van der Waals surface area contributed by atoms with Gasteiger partial charge in [0.25, 0.3) is 0 Å². The number of primary sulfonamides is 1. The van der Waals surface area contributed by atoms with Crippen molar-refractivity contribution in [2.24, 2.45) is 5.14 Å². The molecule has 1 heterocycles. The molecule has 0 aliphatic heterocycles. The first-order valence-electron chi connectivity index (χ1n) is 9.01. The van der Waals surface area contributed by atoms with Crippen molar-refractivity contribution < 1.29 is 13.2 Å². The first-order chi connectivity index (χ1) is 14.8. The van der Waals surface area contributed by atoms with Crippen molar-refractivity contribution >= 4 is 44.6 Å². The number of rotatable bonds is 5. The quantitative estimate of drug-likeness (QED) is 0.365. The summed E-state index contributed by atoms with van der Waals surface area (Å²) in [5.41, 5.74) is 3.08. The van der Waals surface area contributed by atoms with Crippen LogP contribution in [-0.4, -0.2) is 20.5 Å². The highest BCUT2D eigenvalue weighted by Gasteiger charge is 2.19. The van der Waals surface area contributed by atoms with Crippen molar-refractivity contribution in [2.45, 2.75) is 4.90 Å². The lowest BCUT2D eigenvalue weighted by Crippen LogP contribution is -2.11. The molecule has 0 atom stereocenters. The largest absolute Gasteiger partial charge is 0.495 e. The molecule has 5 nitrogen and oxygen atoms in total. The van der Waals surface area contributed by atoms with Gasteiger partial charge in [-0.2, -0.15) is 0 Å². The molecular weight excluding hydrogens is 475 g/mol. The Morgan fingerprint density at radius 2 is 1.61 bits per heavy atom. The van der Waals surface area contributed by atoms with E-state index in [1.165, 1.54) is 23.5 Å². The second-order valence-electron chi connectivity index (χ2n) is 6.60. The molecule has 0 amide bonds. The molecule has 9 heteroatoms. The van der Waals surface area contributed by atoms with Crippen molar-refractivity contribution in [2.75, 3.05) is 7.11 Å². The molecule has 0 unspecified atom stereocenters. The average Bonchev–Trinajstić information content (AvgIpc) is 3.18. The van der Waals surface area contributed by atoms with Gasteiger partial charge in [0, 0.05) is 11.1 Å². The van der Waals surface area contributed by atoms with Crippen LogP contribution in [0.2, 0.25) is 10.0 Å². The van der Waals surface area contributed by atoms with Gasteiger partial charge in [-0.05, 0) is 42.0 Å².